The van der Waals surface area contributed by atoms with E-state index in [1.165, 1.54) is 25.7 Å². The van der Waals surface area contributed by atoms with E-state index >= 15 is 0 Å². The van der Waals surface area contributed by atoms with Gasteiger partial charge in [-0.1, -0.05) is 51.0 Å². The van der Waals surface area contributed by atoms with Crippen molar-refractivity contribution in [3.8, 4) is 0 Å². The van der Waals surface area contributed by atoms with Gasteiger partial charge in [-0.05, 0) is 31.1 Å². The van der Waals surface area contributed by atoms with E-state index in [1.807, 2.05) is 0 Å². The third-order valence-corrected chi connectivity index (χ3v) is 2.86. The monoisotopic (exact) mass is 178 g/mol. The lowest BCUT2D eigenvalue weighted by molar-refractivity contribution is 0.481. The van der Waals surface area contributed by atoms with Crippen LogP contribution in [0.4, 0.5) is 0 Å². The van der Waals surface area contributed by atoms with Crippen molar-refractivity contribution in [2.45, 2.75) is 46.5 Å². The summed E-state index contributed by atoms with van der Waals surface area (Å²) in [5.41, 5.74) is 1.66. The third kappa shape index (κ3) is 3.80. The molecule has 0 bridgehead atoms. The highest BCUT2D eigenvalue weighted by Crippen LogP contribution is 2.25. The zero-order valence-corrected chi connectivity index (χ0v) is 9.22. The Kier molecular flexibility index (Phi) is 4.27. The highest BCUT2D eigenvalue weighted by atomic mass is 14.1. The molecule has 1 atom stereocenters. The first-order chi connectivity index (χ1) is 6.20. The zero-order chi connectivity index (χ0) is 9.68. The van der Waals surface area contributed by atoms with Gasteiger partial charge < -0.3 is 0 Å². The summed E-state index contributed by atoms with van der Waals surface area (Å²) < 4.78 is 0. The molecule has 1 unspecified atom stereocenters. The van der Waals surface area contributed by atoms with Crippen LogP contribution in [0.25, 0.3) is 0 Å². The normalized spacial score (nSPS) is 18.9. The van der Waals surface area contributed by atoms with Crippen molar-refractivity contribution in [1.82, 2.24) is 0 Å². The van der Waals surface area contributed by atoms with Crippen LogP contribution >= 0.6 is 0 Å². The lowest BCUT2D eigenvalue weighted by Crippen LogP contribution is -2.03. The fourth-order valence-electron chi connectivity index (χ4n) is 1.80. The van der Waals surface area contributed by atoms with E-state index in [1.54, 1.807) is 5.57 Å². The van der Waals surface area contributed by atoms with E-state index in [9.17, 15) is 0 Å². The third-order valence-electron chi connectivity index (χ3n) is 2.86. The molecule has 0 saturated heterocycles. The topological polar surface area (TPSA) is 0 Å². The van der Waals surface area contributed by atoms with Crippen LogP contribution in [0.3, 0.4) is 0 Å². The first-order valence-electron chi connectivity index (χ1n) is 5.55. The smallest absolute Gasteiger partial charge is 0.0228 e. The summed E-state index contributed by atoms with van der Waals surface area (Å²) in [7, 11) is 0. The van der Waals surface area contributed by atoms with Crippen molar-refractivity contribution in [2.75, 3.05) is 0 Å². The second-order valence-corrected chi connectivity index (χ2v) is 4.58. The van der Waals surface area contributed by atoms with E-state index in [-0.39, 0.29) is 0 Å². The lowest BCUT2D eigenvalue weighted by Gasteiger charge is -2.18. The maximum Gasteiger partial charge on any atom is -0.0228 e. The standard InChI is InChI=1S/C13H22/c1-11(2)9-10-12(3)13-7-5-4-6-8-13/h4-5,7,11-12H,6,8-10H2,1-3H3. The predicted octanol–water partition coefficient (Wildman–Crippen LogP) is 4.34. The summed E-state index contributed by atoms with van der Waals surface area (Å²) in [6.45, 7) is 6.98. The molecular formula is C13H22. The minimum atomic E-state index is 0.798. The Balaban J connectivity index is 2.33. The van der Waals surface area contributed by atoms with Gasteiger partial charge in [0.1, 0.15) is 0 Å². The van der Waals surface area contributed by atoms with Crippen LogP contribution < -0.4 is 0 Å². The van der Waals surface area contributed by atoms with Crippen molar-refractivity contribution in [1.29, 1.82) is 0 Å². The van der Waals surface area contributed by atoms with Gasteiger partial charge in [-0.2, -0.15) is 0 Å². The maximum absolute atomic E-state index is 2.37. The van der Waals surface area contributed by atoms with Gasteiger partial charge >= 0.3 is 0 Å². The molecule has 0 aromatic rings. The number of hydrogen-bond acceptors (Lipinski definition) is 0. The molecule has 0 heteroatoms. The molecule has 0 amide bonds. The Morgan fingerprint density at radius 3 is 2.54 bits per heavy atom. The van der Waals surface area contributed by atoms with E-state index in [4.69, 9.17) is 0 Å². The van der Waals surface area contributed by atoms with Gasteiger partial charge in [-0.15, -0.1) is 0 Å². The minimum absolute atomic E-state index is 0.798. The van der Waals surface area contributed by atoms with Crippen LogP contribution in [0.5, 0.6) is 0 Å². The molecule has 0 fully saturated rings. The molecular weight excluding hydrogens is 156 g/mol. The predicted molar refractivity (Wildman–Crippen MR) is 59.7 cm³/mol. The molecule has 0 nitrogen and oxygen atoms in total. The van der Waals surface area contributed by atoms with Gasteiger partial charge in [0, 0.05) is 0 Å². The SMILES string of the molecule is CC(C)CCC(C)C1=CC=CCC1. The quantitative estimate of drug-likeness (QED) is 0.601. The summed E-state index contributed by atoms with van der Waals surface area (Å²) in [4.78, 5) is 0. The van der Waals surface area contributed by atoms with Crippen molar-refractivity contribution < 1.29 is 0 Å². The van der Waals surface area contributed by atoms with Crippen LogP contribution in [0.1, 0.15) is 46.5 Å². The fourth-order valence-corrected chi connectivity index (χ4v) is 1.80. The molecule has 0 saturated carbocycles. The minimum Gasteiger partial charge on any atom is -0.0842 e. The van der Waals surface area contributed by atoms with Crippen LogP contribution in [0.2, 0.25) is 0 Å². The molecule has 1 aliphatic carbocycles. The van der Waals surface area contributed by atoms with E-state index in [2.05, 4.69) is 39.0 Å². The van der Waals surface area contributed by atoms with Gasteiger partial charge in [-0.25, -0.2) is 0 Å². The molecule has 0 aliphatic heterocycles. The van der Waals surface area contributed by atoms with Gasteiger partial charge in [0.15, 0.2) is 0 Å². The molecule has 0 N–H and O–H groups in total. The van der Waals surface area contributed by atoms with Crippen LogP contribution in [-0.2, 0) is 0 Å². The van der Waals surface area contributed by atoms with Crippen molar-refractivity contribution in [3.05, 3.63) is 23.8 Å². The largest absolute Gasteiger partial charge is 0.0842 e. The molecule has 74 valence electrons. The fraction of sp³-hybridized carbons (Fsp3) is 0.692. The Morgan fingerprint density at radius 1 is 1.23 bits per heavy atom. The number of allylic oxidation sites excluding steroid dienone is 4. The van der Waals surface area contributed by atoms with Crippen molar-refractivity contribution in [3.63, 3.8) is 0 Å². The molecule has 0 heterocycles. The Hall–Kier alpha value is -0.520. The molecule has 0 spiro atoms. The molecule has 1 rings (SSSR count). The van der Waals surface area contributed by atoms with Crippen LogP contribution in [0.15, 0.2) is 23.8 Å². The van der Waals surface area contributed by atoms with Gasteiger partial charge in [0.05, 0.1) is 0 Å². The summed E-state index contributed by atoms with van der Waals surface area (Å²) in [5, 5.41) is 0. The zero-order valence-electron chi connectivity index (χ0n) is 9.22. The molecule has 1 aliphatic rings. The van der Waals surface area contributed by atoms with Gasteiger partial charge in [0.2, 0.25) is 0 Å². The van der Waals surface area contributed by atoms with Gasteiger partial charge in [-0.3, -0.25) is 0 Å². The average Bonchev–Trinajstić information content (AvgIpc) is 2.15. The summed E-state index contributed by atoms with van der Waals surface area (Å²) in [5.74, 6) is 1.65. The average molecular weight is 178 g/mol. The number of hydrogen-bond donors (Lipinski definition) is 0. The molecule has 0 aromatic heterocycles. The molecule has 13 heavy (non-hydrogen) atoms. The van der Waals surface area contributed by atoms with E-state index in [0.29, 0.717) is 0 Å². The number of rotatable bonds is 4. The van der Waals surface area contributed by atoms with Crippen LogP contribution in [0, 0.1) is 11.8 Å². The van der Waals surface area contributed by atoms with Gasteiger partial charge in [0.25, 0.3) is 0 Å². The van der Waals surface area contributed by atoms with Crippen LogP contribution in [-0.4, -0.2) is 0 Å². The highest BCUT2D eigenvalue weighted by molar-refractivity contribution is 5.19. The highest BCUT2D eigenvalue weighted by Gasteiger charge is 2.09. The summed E-state index contributed by atoms with van der Waals surface area (Å²) in [6.07, 6.45) is 12.0. The van der Waals surface area contributed by atoms with Crippen molar-refractivity contribution in [2.24, 2.45) is 11.8 Å². The van der Waals surface area contributed by atoms with Crippen molar-refractivity contribution >= 4 is 0 Å². The Labute approximate surface area is 82.7 Å². The molecule has 0 radical (unpaired) electrons. The van der Waals surface area contributed by atoms with E-state index in [0.717, 1.165) is 11.8 Å². The second-order valence-electron chi connectivity index (χ2n) is 4.58. The lowest BCUT2D eigenvalue weighted by atomic mass is 9.88. The Morgan fingerprint density at radius 2 is 2.00 bits per heavy atom. The Bertz CT molecular complexity index is 196. The second kappa shape index (κ2) is 5.26. The molecule has 0 aromatic carbocycles. The first kappa shape index (κ1) is 10.6. The maximum atomic E-state index is 2.37. The first-order valence-corrected chi connectivity index (χ1v) is 5.55. The van der Waals surface area contributed by atoms with E-state index < -0.39 is 0 Å². The summed E-state index contributed by atoms with van der Waals surface area (Å²) in [6, 6.07) is 0. The summed E-state index contributed by atoms with van der Waals surface area (Å²) >= 11 is 0.